The summed E-state index contributed by atoms with van der Waals surface area (Å²) in [5, 5.41) is 1.71. The van der Waals surface area contributed by atoms with Crippen molar-refractivity contribution < 1.29 is 16.8 Å². The van der Waals surface area contributed by atoms with Crippen LogP contribution in [-0.4, -0.2) is 45.2 Å². The van der Waals surface area contributed by atoms with Gasteiger partial charge in [0.25, 0.3) is 10.0 Å². The van der Waals surface area contributed by atoms with E-state index in [1.54, 1.807) is 17.5 Å². The molecule has 1 aliphatic heterocycles. The minimum absolute atomic E-state index is 0.0652. The Labute approximate surface area is 124 Å². The largest absolute Gasteiger partial charge is 0.252 e. The topological polar surface area (TPSA) is 71.5 Å². The predicted molar refractivity (Wildman–Crippen MR) is 80.1 cm³/mol. The van der Waals surface area contributed by atoms with Gasteiger partial charge < -0.3 is 0 Å². The van der Waals surface area contributed by atoms with E-state index in [0.717, 1.165) is 11.3 Å². The fourth-order valence-corrected chi connectivity index (χ4v) is 7.09. The first-order chi connectivity index (χ1) is 9.22. The summed E-state index contributed by atoms with van der Waals surface area (Å²) in [5.74, 6) is 0.157. The van der Waals surface area contributed by atoms with Crippen LogP contribution < -0.4 is 0 Å². The SMILES string of the molecule is CC(C)CN([C@@H]1CCS(=O)(=O)C1)S(=O)(=O)c1cccs1. The van der Waals surface area contributed by atoms with Crippen molar-refractivity contribution >= 4 is 31.2 Å². The summed E-state index contributed by atoms with van der Waals surface area (Å²) < 4.78 is 50.3. The van der Waals surface area contributed by atoms with Crippen LogP contribution in [0.4, 0.5) is 0 Å². The van der Waals surface area contributed by atoms with Gasteiger partial charge in [0.05, 0.1) is 11.5 Å². The van der Waals surface area contributed by atoms with Gasteiger partial charge in [-0.3, -0.25) is 0 Å². The van der Waals surface area contributed by atoms with E-state index < -0.39 is 25.9 Å². The van der Waals surface area contributed by atoms with Crippen molar-refractivity contribution in [3.63, 3.8) is 0 Å². The fourth-order valence-electron chi connectivity index (χ4n) is 2.33. The average Bonchev–Trinajstić information content (AvgIpc) is 2.94. The molecule has 2 rings (SSSR count). The van der Waals surface area contributed by atoms with Gasteiger partial charge in [0.2, 0.25) is 0 Å². The van der Waals surface area contributed by atoms with Crippen molar-refractivity contribution in [2.75, 3.05) is 18.1 Å². The third-order valence-corrected chi connectivity index (χ3v) is 8.26. The lowest BCUT2D eigenvalue weighted by Crippen LogP contribution is -2.42. The van der Waals surface area contributed by atoms with Gasteiger partial charge in [0, 0.05) is 12.6 Å². The standard InChI is InChI=1S/C12H19NO4S3/c1-10(2)8-13(11-5-7-19(14,15)9-11)20(16,17)12-4-3-6-18-12/h3-4,6,10-11H,5,7-9H2,1-2H3/t11-/m1/s1. The van der Waals surface area contributed by atoms with Crippen molar-refractivity contribution in [3.8, 4) is 0 Å². The average molecular weight is 337 g/mol. The van der Waals surface area contributed by atoms with E-state index in [4.69, 9.17) is 0 Å². The van der Waals surface area contributed by atoms with Gasteiger partial charge in [-0.1, -0.05) is 19.9 Å². The molecule has 1 atom stereocenters. The Morgan fingerprint density at radius 1 is 1.45 bits per heavy atom. The molecule has 0 aromatic carbocycles. The highest BCUT2D eigenvalue weighted by Crippen LogP contribution is 2.28. The van der Waals surface area contributed by atoms with Crippen LogP contribution in [-0.2, 0) is 19.9 Å². The summed E-state index contributed by atoms with van der Waals surface area (Å²) in [4.78, 5) is 0. The van der Waals surface area contributed by atoms with Crippen molar-refractivity contribution in [2.24, 2.45) is 5.92 Å². The van der Waals surface area contributed by atoms with Crippen molar-refractivity contribution in [2.45, 2.75) is 30.5 Å². The second-order valence-electron chi connectivity index (χ2n) is 5.46. The van der Waals surface area contributed by atoms with Crippen molar-refractivity contribution in [1.82, 2.24) is 4.31 Å². The molecule has 8 heteroatoms. The van der Waals surface area contributed by atoms with Crippen LogP contribution in [0.1, 0.15) is 20.3 Å². The van der Waals surface area contributed by atoms with Crippen LogP contribution in [0.2, 0.25) is 0 Å². The Hall–Kier alpha value is -0.440. The first-order valence-corrected chi connectivity index (χ1v) is 10.6. The molecule has 1 aromatic heterocycles. The number of thiophene rings is 1. The molecule has 1 fully saturated rings. The third kappa shape index (κ3) is 3.41. The maximum atomic E-state index is 12.7. The van der Waals surface area contributed by atoms with E-state index in [1.165, 1.54) is 4.31 Å². The zero-order chi connectivity index (χ0) is 15.0. The second kappa shape index (κ2) is 5.75. The lowest BCUT2D eigenvalue weighted by Gasteiger charge is -2.28. The monoisotopic (exact) mass is 337 g/mol. The number of sulfonamides is 1. The maximum Gasteiger partial charge on any atom is 0.252 e. The minimum atomic E-state index is -3.60. The molecule has 0 N–H and O–H groups in total. The van der Waals surface area contributed by atoms with Gasteiger partial charge in [-0.15, -0.1) is 11.3 Å². The van der Waals surface area contributed by atoms with Gasteiger partial charge in [0.1, 0.15) is 4.21 Å². The second-order valence-corrected chi connectivity index (χ2v) is 10.8. The molecule has 0 saturated carbocycles. The number of hydrogen-bond acceptors (Lipinski definition) is 5. The molecular formula is C12H19NO4S3. The van der Waals surface area contributed by atoms with E-state index in [9.17, 15) is 16.8 Å². The van der Waals surface area contributed by atoms with Crippen LogP contribution >= 0.6 is 11.3 Å². The normalized spacial score (nSPS) is 22.7. The summed E-state index contributed by atoms with van der Waals surface area (Å²) in [6.07, 6.45) is 0.389. The zero-order valence-corrected chi connectivity index (χ0v) is 14.0. The lowest BCUT2D eigenvalue weighted by atomic mass is 10.2. The van der Waals surface area contributed by atoms with Crippen LogP contribution in [0.5, 0.6) is 0 Å². The fraction of sp³-hybridized carbons (Fsp3) is 0.667. The molecule has 0 bridgehead atoms. The predicted octanol–water partition coefficient (Wildman–Crippen LogP) is 1.58. The van der Waals surface area contributed by atoms with E-state index in [0.29, 0.717) is 13.0 Å². The number of sulfone groups is 1. The van der Waals surface area contributed by atoms with Crippen LogP contribution in [0.3, 0.4) is 0 Å². The summed E-state index contributed by atoms with van der Waals surface area (Å²) >= 11 is 1.16. The Morgan fingerprint density at radius 3 is 2.60 bits per heavy atom. The zero-order valence-electron chi connectivity index (χ0n) is 11.5. The summed E-state index contributed by atoms with van der Waals surface area (Å²) in [6.45, 7) is 4.21. The molecule has 0 unspecified atom stereocenters. The molecule has 0 radical (unpaired) electrons. The molecule has 1 aliphatic rings. The molecule has 0 aliphatic carbocycles. The van der Waals surface area contributed by atoms with Gasteiger partial charge in [-0.2, -0.15) is 4.31 Å². The highest BCUT2D eigenvalue weighted by molar-refractivity contribution is 7.92. The van der Waals surface area contributed by atoms with Gasteiger partial charge in [0.15, 0.2) is 9.84 Å². The summed E-state index contributed by atoms with van der Waals surface area (Å²) in [7, 11) is -6.71. The minimum Gasteiger partial charge on any atom is -0.229 e. The summed E-state index contributed by atoms with van der Waals surface area (Å²) in [6, 6.07) is 2.82. The van der Waals surface area contributed by atoms with Gasteiger partial charge >= 0.3 is 0 Å². The molecule has 1 saturated heterocycles. The molecule has 1 aromatic rings. The number of hydrogen-bond donors (Lipinski definition) is 0. The molecule has 114 valence electrons. The van der Waals surface area contributed by atoms with E-state index in [2.05, 4.69) is 0 Å². The molecule has 5 nitrogen and oxygen atoms in total. The summed E-state index contributed by atoms with van der Waals surface area (Å²) in [5.41, 5.74) is 0. The van der Waals surface area contributed by atoms with Crippen molar-refractivity contribution in [1.29, 1.82) is 0 Å². The third-order valence-electron chi connectivity index (χ3n) is 3.22. The molecule has 0 amide bonds. The molecule has 20 heavy (non-hydrogen) atoms. The molecule has 2 heterocycles. The number of rotatable bonds is 5. The Balaban J connectivity index is 2.34. The Kier molecular flexibility index (Phi) is 4.58. The Bertz CT molecular complexity index is 647. The first-order valence-electron chi connectivity index (χ1n) is 6.48. The highest BCUT2D eigenvalue weighted by Gasteiger charge is 2.39. The van der Waals surface area contributed by atoms with E-state index >= 15 is 0 Å². The Morgan fingerprint density at radius 2 is 2.15 bits per heavy atom. The van der Waals surface area contributed by atoms with Crippen molar-refractivity contribution in [3.05, 3.63) is 17.5 Å². The van der Waals surface area contributed by atoms with Gasteiger partial charge in [-0.25, -0.2) is 16.8 Å². The lowest BCUT2D eigenvalue weighted by molar-refractivity contribution is 0.308. The highest BCUT2D eigenvalue weighted by atomic mass is 32.2. The van der Waals surface area contributed by atoms with Gasteiger partial charge in [-0.05, 0) is 23.8 Å². The van der Waals surface area contributed by atoms with Crippen LogP contribution in [0, 0.1) is 5.92 Å². The molecule has 0 spiro atoms. The smallest absolute Gasteiger partial charge is 0.229 e. The quantitative estimate of drug-likeness (QED) is 0.818. The first kappa shape index (κ1) is 15.9. The van der Waals surface area contributed by atoms with E-state index in [-0.39, 0.29) is 21.6 Å². The van der Waals surface area contributed by atoms with Crippen LogP contribution in [0.25, 0.3) is 0 Å². The van der Waals surface area contributed by atoms with Crippen LogP contribution in [0.15, 0.2) is 21.7 Å². The molecular weight excluding hydrogens is 318 g/mol. The number of nitrogens with zero attached hydrogens (tertiary/aromatic N) is 1. The maximum absolute atomic E-state index is 12.7. The van der Waals surface area contributed by atoms with E-state index in [1.807, 2.05) is 13.8 Å².